The van der Waals surface area contributed by atoms with Crippen molar-refractivity contribution >= 4 is 11.8 Å². The van der Waals surface area contributed by atoms with Crippen LogP contribution in [-0.4, -0.2) is 27.5 Å². The summed E-state index contributed by atoms with van der Waals surface area (Å²) < 4.78 is 10.9. The molecule has 2 aromatic rings. The van der Waals surface area contributed by atoms with E-state index in [0.29, 0.717) is 0 Å². The molecule has 21 heavy (non-hydrogen) atoms. The fourth-order valence-corrected chi connectivity index (χ4v) is 3.08. The van der Waals surface area contributed by atoms with Gasteiger partial charge in [0.2, 0.25) is 0 Å². The lowest BCUT2D eigenvalue weighted by Gasteiger charge is -2.22. The quantitative estimate of drug-likeness (QED) is 0.824. The van der Waals surface area contributed by atoms with Crippen molar-refractivity contribution in [3.63, 3.8) is 0 Å². The Morgan fingerprint density at radius 2 is 1.76 bits per heavy atom. The van der Waals surface area contributed by atoms with E-state index in [0.717, 1.165) is 17.1 Å². The van der Waals surface area contributed by atoms with Crippen LogP contribution in [0, 0.1) is 0 Å². The first-order chi connectivity index (χ1) is 10.2. The zero-order valence-corrected chi connectivity index (χ0v) is 13.7. The Morgan fingerprint density at radius 3 is 2.38 bits per heavy atom. The van der Waals surface area contributed by atoms with E-state index in [2.05, 4.69) is 35.8 Å². The third-order valence-electron chi connectivity index (χ3n) is 3.49. The minimum Gasteiger partial charge on any atom is -0.497 e. The first-order valence-corrected chi connectivity index (χ1v) is 7.99. The van der Waals surface area contributed by atoms with Gasteiger partial charge in [0, 0.05) is 10.5 Å². The summed E-state index contributed by atoms with van der Waals surface area (Å²) in [7, 11) is 5.33. The maximum Gasteiger partial charge on any atom is 0.124 e. The van der Waals surface area contributed by atoms with E-state index >= 15 is 0 Å². The maximum absolute atomic E-state index is 5.52. The standard InChI is InChI=1S/C17H21NO2S/c1-18-17(13-7-5-6-8-16(13)21-4)14-11-12(19-2)9-10-15(14)20-3/h5-11,17-18H,1-4H3. The topological polar surface area (TPSA) is 30.5 Å². The van der Waals surface area contributed by atoms with E-state index in [1.165, 1.54) is 10.5 Å². The lowest BCUT2D eigenvalue weighted by atomic mass is 9.97. The fourth-order valence-electron chi connectivity index (χ4n) is 2.45. The first kappa shape index (κ1) is 15.7. The number of hydrogen-bond donors (Lipinski definition) is 1. The lowest BCUT2D eigenvalue weighted by molar-refractivity contribution is 0.395. The van der Waals surface area contributed by atoms with E-state index in [4.69, 9.17) is 9.47 Å². The van der Waals surface area contributed by atoms with Gasteiger partial charge in [0.1, 0.15) is 11.5 Å². The van der Waals surface area contributed by atoms with Gasteiger partial charge in [-0.2, -0.15) is 0 Å². The number of methoxy groups -OCH3 is 2. The van der Waals surface area contributed by atoms with Crippen LogP contribution >= 0.6 is 11.8 Å². The van der Waals surface area contributed by atoms with Crippen LogP contribution < -0.4 is 14.8 Å². The highest BCUT2D eigenvalue weighted by Crippen LogP contribution is 2.36. The number of nitrogens with one attached hydrogen (secondary N) is 1. The van der Waals surface area contributed by atoms with Gasteiger partial charge < -0.3 is 14.8 Å². The Balaban J connectivity index is 2.55. The summed E-state index contributed by atoms with van der Waals surface area (Å²) in [6.07, 6.45) is 2.09. The summed E-state index contributed by atoms with van der Waals surface area (Å²) in [4.78, 5) is 1.25. The molecule has 0 fully saturated rings. The average molecular weight is 303 g/mol. The highest BCUT2D eigenvalue weighted by atomic mass is 32.2. The van der Waals surface area contributed by atoms with Gasteiger partial charge in [-0.3, -0.25) is 0 Å². The third kappa shape index (κ3) is 3.34. The second kappa shape index (κ2) is 7.38. The van der Waals surface area contributed by atoms with Crippen molar-refractivity contribution in [3.8, 4) is 11.5 Å². The molecule has 1 atom stereocenters. The van der Waals surface area contributed by atoms with Crippen LogP contribution in [0.4, 0.5) is 0 Å². The normalized spacial score (nSPS) is 12.0. The molecular weight excluding hydrogens is 282 g/mol. The minimum absolute atomic E-state index is 0.0544. The second-order valence-electron chi connectivity index (χ2n) is 4.57. The van der Waals surface area contributed by atoms with E-state index in [1.807, 2.05) is 25.2 Å². The van der Waals surface area contributed by atoms with Crippen molar-refractivity contribution in [3.05, 3.63) is 53.6 Å². The molecule has 0 saturated heterocycles. The van der Waals surface area contributed by atoms with E-state index in [9.17, 15) is 0 Å². The number of benzene rings is 2. The van der Waals surface area contributed by atoms with Gasteiger partial charge >= 0.3 is 0 Å². The summed E-state index contributed by atoms with van der Waals surface area (Å²) >= 11 is 1.75. The van der Waals surface area contributed by atoms with Gasteiger partial charge in [-0.25, -0.2) is 0 Å². The molecule has 0 aliphatic carbocycles. The lowest BCUT2D eigenvalue weighted by Crippen LogP contribution is -2.19. The molecule has 112 valence electrons. The minimum atomic E-state index is 0.0544. The molecule has 0 aliphatic rings. The molecule has 0 amide bonds. The summed E-state index contributed by atoms with van der Waals surface area (Å²) in [5, 5.41) is 3.39. The molecule has 0 saturated carbocycles. The Kier molecular flexibility index (Phi) is 5.53. The van der Waals surface area contributed by atoms with Crippen LogP contribution in [0.2, 0.25) is 0 Å². The van der Waals surface area contributed by atoms with Crippen LogP contribution in [-0.2, 0) is 0 Å². The van der Waals surface area contributed by atoms with Crippen molar-refractivity contribution in [2.45, 2.75) is 10.9 Å². The number of thioether (sulfide) groups is 1. The first-order valence-electron chi connectivity index (χ1n) is 6.77. The van der Waals surface area contributed by atoms with Crippen LogP contribution in [0.3, 0.4) is 0 Å². The van der Waals surface area contributed by atoms with Crippen molar-refractivity contribution < 1.29 is 9.47 Å². The Labute approximate surface area is 130 Å². The highest BCUT2D eigenvalue weighted by Gasteiger charge is 2.19. The van der Waals surface area contributed by atoms with Crippen LogP contribution in [0.25, 0.3) is 0 Å². The van der Waals surface area contributed by atoms with Crippen molar-refractivity contribution in [2.24, 2.45) is 0 Å². The summed E-state index contributed by atoms with van der Waals surface area (Å²) in [5.41, 5.74) is 2.31. The zero-order chi connectivity index (χ0) is 15.2. The van der Waals surface area contributed by atoms with E-state index < -0.39 is 0 Å². The predicted molar refractivity (Wildman–Crippen MR) is 88.7 cm³/mol. The molecule has 0 radical (unpaired) electrons. The molecule has 1 N–H and O–H groups in total. The van der Waals surface area contributed by atoms with Crippen LogP contribution in [0.1, 0.15) is 17.2 Å². The maximum atomic E-state index is 5.52. The number of hydrogen-bond acceptors (Lipinski definition) is 4. The molecule has 4 heteroatoms. The number of rotatable bonds is 6. The molecule has 0 heterocycles. The molecule has 0 bridgehead atoms. The molecular formula is C17H21NO2S. The van der Waals surface area contributed by atoms with Gasteiger partial charge in [0.05, 0.1) is 20.3 Å². The molecule has 3 nitrogen and oxygen atoms in total. The van der Waals surface area contributed by atoms with Crippen LogP contribution in [0.5, 0.6) is 11.5 Å². The van der Waals surface area contributed by atoms with Gasteiger partial charge in [0.15, 0.2) is 0 Å². The predicted octanol–water partition coefficient (Wildman–Crippen LogP) is 3.73. The monoisotopic (exact) mass is 303 g/mol. The Bertz CT molecular complexity index is 601. The smallest absolute Gasteiger partial charge is 0.124 e. The van der Waals surface area contributed by atoms with E-state index in [-0.39, 0.29) is 6.04 Å². The molecule has 1 unspecified atom stereocenters. The van der Waals surface area contributed by atoms with Crippen molar-refractivity contribution in [1.29, 1.82) is 0 Å². The number of ether oxygens (including phenoxy) is 2. The highest BCUT2D eigenvalue weighted by molar-refractivity contribution is 7.98. The van der Waals surface area contributed by atoms with Gasteiger partial charge in [-0.05, 0) is 43.1 Å². The van der Waals surface area contributed by atoms with Gasteiger partial charge in [0.25, 0.3) is 0 Å². The molecule has 0 aliphatic heterocycles. The third-order valence-corrected chi connectivity index (χ3v) is 4.30. The van der Waals surface area contributed by atoms with Crippen molar-refractivity contribution in [2.75, 3.05) is 27.5 Å². The summed E-state index contributed by atoms with van der Waals surface area (Å²) in [6, 6.07) is 14.3. The summed E-state index contributed by atoms with van der Waals surface area (Å²) in [5.74, 6) is 1.68. The van der Waals surface area contributed by atoms with Crippen LogP contribution in [0.15, 0.2) is 47.4 Å². The average Bonchev–Trinajstić information content (AvgIpc) is 2.55. The second-order valence-corrected chi connectivity index (χ2v) is 5.42. The SMILES string of the molecule is CNC(c1cc(OC)ccc1OC)c1ccccc1SC. The fraction of sp³-hybridized carbons (Fsp3) is 0.294. The zero-order valence-electron chi connectivity index (χ0n) is 12.8. The Morgan fingerprint density at radius 1 is 1.00 bits per heavy atom. The largest absolute Gasteiger partial charge is 0.497 e. The molecule has 0 aromatic heterocycles. The van der Waals surface area contributed by atoms with Gasteiger partial charge in [-0.1, -0.05) is 18.2 Å². The molecule has 2 rings (SSSR count). The van der Waals surface area contributed by atoms with E-state index in [1.54, 1.807) is 26.0 Å². The van der Waals surface area contributed by atoms with Crippen molar-refractivity contribution in [1.82, 2.24) is 5.32 Å². The Hall–Kier alpha value is -1.65. The van der Waals surface area contributed by atoms with Gasteiger partial charge in [-0.15, -0.1) is 11.8 Å². The summed E-state index contributed by atoms with van der Waals surface area (Å²) in [6.45, 7) is 0. The molecule has 0 spiro atoms. The molecule has 2 aromatic carbocycles.